The van der Waals surface area contributed by atoms with Crippen molar-refractivity contribution >= 4 is 0 Å². The quantitative estimate of drug-likeness (QED) is 0.832. The molecule has 0 bridgehead atoms. The average molecular weight is 305 g/mol. The molecule has 0 aromatic heterocycles. The largest absolute Gasteiger partial charge is 0.380 e. The van der Waals surface area contributed by atoms with Crippen LogP contribution in [0.3, 0.4) is 0 Å². The number of hydrogen-bond acceptors (Lipinski definition) is 2. The Kier molecular flexibility index (Phi) is 5.48. The van der Waals surface area contributed by atoms with Crippen LogP contribution in [0.1, 0.15) is 44.1 Å². The molecule has 122 valence electrons. The summed E-state index contributed by atoms with van der Waals surface area (Å²) in [6, 6.07) is 7.79. The predicted octanol–water partition coefficient (Wildman–Crippen LogP) is 4.04. The van der Waals surface area contributed by atoms with E-state index in [4.69, 9.17) is 4.74 Å². The molecule has 1 aliphatic heterocycles. The van der Waals surface area contributed by atoms with Crippen molar-refractivity contribution in [3.8, 4) is 0 Å². The van der Waals surface area contributed by atoms with Gasteiger partial charge in [-0.25, -0.2) is 4.39 Å². The Bertz CT molecular complexity index is 472. The van der Waals surface area contributed by atoms with Gasteiger partial charge in [-0.15, -0.1) is 0 Å². The lowest BCUT2D eigenvalue weighted by Gasteiger charge is -2.43. The first kappa shape index (κ1) is 15.9. The predicted molar refractivity (Wildman–Crippen MR) is 87.5 cm³/mol. The maximum atomic E-state index is 13.4. The normalized spacial score (nSPS) is 27.9. The number of benzene rings is 1. The Balaban J connectivity index is 1.60. The zero-order valence-corrected chi connectivity index (χ0v) is 13.6. The second-order valence-corrected chi connectivity index (χ2v) is 6.94. The zero-order chi connectivity index (χ0) is 15.4. The van der Waals surface area contributed by atoms with Crippen LogP contribution in [0.5, 0.6) is 0 Å². The van der Waals surface area contributed by atoms with E-state index >= 15 is 0 Å². The van der Waals surface area contributed by atoms with Gasteiger partial charge < -0.3 is 4.74 Å². The van der Waals surface area contributed by atoms with E-state index in [2.05, 4.69) is 4.90 Å². The van der Waals surface area contributed by atoms with E-state index in [9.17, 15) is 4.39 Å². The maximum absolute atomic E-state index is 13.4. The second-order valence-electron chi connectivity index (χ2n) is 6.94. The highest BCUT2D eigenvalue weighted by Gasteiger charge is 2.33. The second kappa shape index (κ2) is 7.56. The van der Waals surface area contributed by atoms with Crippen molar-refractivity contribution in [3.05, 3.63) is 35.6 Å². The molecule has 1 heterocycles. The summed E-state index contributed by atoms with van der Waals surface area (Å²) in [5.41, 5.74) is 1.10. The van der Waals surface area contributed by atoms with Crippen LogP contribution in [0.2, 0.25) is 0 Å². The van der Waals surface area contributed by atoms with Crippen LogP contribution >= 0.6 is 0 Å². The highest BCUT2D eigenvalue weighted by atomic mass is 19.1. The summed E-state index contributed by atoms with van der Waals surface area (Å²) >= 11 is 0. The minimum absolute atomic E-state index is 0.133. The van der Waals surface area contributed by atoms with Gasteiger partial charge in [0.15, 0.2) is 0 Å². The van der Waals surface area contributed by atoms with Gasteiger partial charge in [-0.3, -0.25) is 4.90 Å². The lowest BCUT2D eigenvalue weighted by atomic mass is 9.85. The van der Waals surface area contributed by atoms with E-state index in [-0.39, 0.29) is 11.9 Å². The van der Waals surface area contributed by atoms with Gasteiger partial charge in [-0.2, -0.15) is 0 Å². The smallest absolute Gasteiger partial charge is 0.123 e. The summed E-state index contributed by atoms with van der Waals surface area (Å²) in [7, 11) is 1.83. The molecular weight excluding hydrogens is 277 g/mol. The van der Waals surface area contributed by atoms with Crippen molar-refractivity contribution in [2.45, 2.75) is 57.1 Å². The van der Waals surface area contributed by atoms with E-state index in [1.165, 1.54) is 44.7 Å². The number of nitrogens with zero attached hydrogens (tertiary/aromatic N) is 1. The molecule has 2 nitrogen and oxygen atoms in total. The third-order valence-electron chi connectivity index (χ3n) is 5.51. The van der Waals surface area contributed by atoms with Crippen molar-refractivity contribution in [3.63, 3.8) is 0 Å². The summed E-state index contributed by atoms with van der Waals surface area (Å²) in [6.45, 7) is 2.21. The Hall–Kier alpha value is -0.930. The lowest BCUT2D eigenvalue weighted by molar-refractivity contribution is -0.0295. The maximum Gasteiger partial charge on any atom is 0.123 e. The van der Waals surface area contributed by atoms with Crippen LogP contribution in [-0.2, 0) is 11.2 Å². The fourth-order valence-corrected chi connectivity index (χ4v) is 4.23. The highest BCUT2D eigenvalue weighted by Crippen LogP contribution is 2.30. The minimum Gasteiger partial charge on any atom is -0.380 e. The van der Waals surface area contributed by atoms with Crippen molar-refractivity contribution in [2.75, 3.05) is 20.2 Å². The molecule has 1 saturated carbocycles. The number of ether oxygens (including phenoxy) is 1. The topological polar surface area (TPSA) is 12.5 Å². The van der Waals surface area contributed by atoms with Crippen LogP contribution in [0.25, 0.3) is 0 Å². The molecule has 0 amide bonds. The Morgan fingerprint density at radius 2 is 2.00 bits per heavy atom. The van der Waals surface area contributed by atoms with Crippen LogP contribution in [-0.4, -0.2) is 37.2 Å². The van der Waals surface area contributed by atoms with Crippen LogP contribution in [0, 0.1) is 11.7 Å². The van der Waals surface area contributed by atoms with Crippen molar-refractivity contribution in [2.24, 2.45) is 5.92 Å². The molecule has 3 heteroatoms. The number of rotatable bonds is 4. The minimum atomic E-state index is -0.133. The average Bonchev–Trinajstić information content (AvgIpc) is 2.56. The zero-order valence-electron chi connectivity index (χ0n) is 13.6. The van der Waals surface area contributed by atoms with E-state index in [0.29, 0.717) is 5.92 Å². The van der Waals surface area contributed by atoms with Crippen LogP contribution < -0.4 is 0 Å². The number of hydrogen-bond donors (Lipinski definition) is 0. The number of halogens is 1. The number of methoxy groups -OCH3 is 1. The monoisotopic (exact) mass is 305 g/mol. The molecule has 0 N–H and O–H groups in total. The first-order chi connectivity index (χ1) is 10.8. The molecule has 3 rings (SSSR count). The number of piperidine rings is 1. The molecule has 2 fully saturated rings. The molecular formula is C19H28FNO. The van der Waals surface area contributed by atoms with Crippen LogP contribution in [0.15, 0.2) is 24.3 Å². The van der Waals surface area contributed by atoms with Crippen molar-refractivity contribution in [1.82, 2.24) is 4.90 Å². The number of likely N-dealkylation sites (tertiary alicyclic amines) is 1. The van der Waals surface area contributed by atoms with Gasteiger partial charge in [-0.05, 0) is 55.8 Å². The van der Waals surface area contributed by atoms with Gasteiger partial charge in [0.25, 0.3) is 0 Å². The SMILES string of the molecule is CO[C@H]1CN(C2CCCCC2)CC[C@@H]1Cc1cccc(F)c1. The van der Waals surface area contributed by atoms with E-state index < -0.39 is 0 Å². The Morgan fingerprint density at radius 3 is 2.73 bits per heavy atom. The molecule has 22 heavy (non-hydrogen) atoms. The van der Waals surface area contributed by atoms with Gasteiger partial charge >= 0.3 is 0 Å². The summed E-state index contributed by atoms with van der Waals surface area (Å²) < 4.78 is 19.2. The fraction of sp³-hybridized carbons (Fsp3) is 0.684. The summed E-state index contributed by atoms with van der Waals surface area (Å²) in [5.74, 6) is 0.373. The standard InChI is InChI=1S/C19H28FNO/c1-22-19-14-21(18-8-3-2-4-9-18)11-10-16(19)12-15-6-5-7-17(20)13-15/h5-7,13,16,18-19H,2-4,8-12,14H2,1H3/t16-,19+/m1/s1. The van der Waals surface area contributed by atoms with Gasteiger partial charge in [0, 0.05) is 19.7 Å². The summed E-state index contributed by atoms with van der Waals surface area (Å²) in [5, 5.41) is 0. The molecule has 1 aromatic rings. The highest BCUT2D eigenvalue weighted by molar-refractivity contribution is 5.17. The molecule has 1 aliphatic carbocycles. The third-order valence-corrected chi connectivity index (χ3v) is 5.51. The van der Waals surface area contributed by atoms with Crippen molar-refractivity contribution < 1.29 is 9.13 Å². The first-order valence-corrected chi connectivity index (χ1v) is 8.77. The molecule has 0 unspecified atom stereocenters. The molecule has 1 aromatic carbocycles. The van der Waals surface area contributed by atoms with Gasteiger partial charge in [0.1, 0.15) is 5.82 Å². The third kappa shape index (κ3) is 3.88. The van der Waals surface area contributed by atoms with Crippen LogP contribution in [0.4, 0.5) is 4.39 Å². The Labute approximate surface area is 133 Å². The van der Waals surface area contributed by atoms with Gasteiger partial charge in [-0.1, -0.05) is 31.4 Å². The van der Waals surface area contributed by atoms with E-state index in [1.807, 2.05) is 19.2 Å². The molecule has 2 aliphatic rings. The van der Waals surface area contributed by atoms with Gasteiger partial charge in [0.2, 0.25) is 0 Å². The summed E-state index contributed by atoms with van der Waals surface area (Å²) in [6.07, 6.45) is 9.23. The molecule has 0 radical (unpaired) electrons. The lowest BCUT2D eigenvalue weighted by Crippen LogP contribution is -2.50. The molecule has 2 atom stereocenters. The summed E-state index contributed by atoms with van der Waals surface area (Å²) in [4.78, 5) is 2.65. The van der Waals surface area contributed by atoms with Crippen molar-refractivity contribution in [1.29, 1.82) is 0 Å². The fourth-order valence-electron chi connectivity index (χ4n) is 4.23. The van der Waals surface area contributed by atoms with E-state index in [1.54, 1.807) is 6.07 Å². The molecule has 0 spiro atoms. The van der Waals surface area contributed by atoms with E-state index in [0.717, 1.165) is 31.0 Å². The molecule has 1 saturated heterocycles. The van der Waals surface area contributed by atoms with Gasteiger partial charge in [0.05, 0.1) is 6.10 Å². The Morgan fingerprint density at radius 1 is 1.18 bits per heavy atom. The first-order valence-electron chi connectivity index (χ1n) is 8.77.